The van der Waals surface area contributed by atoms with E-state index < -0.39 is 25.5 Å². The summed E-state index contributed by atoms with van der Waals surface area (Å²) in [5.41, 5.74) is -0.256. The highest BCUT2D eigenvalue weighted by molar-refractivity contribution is 7.89. The molecule has 0 saturated carbocycles. The summed E-state index contributed by atoms with van der Waals surface area (Å²) >= 11 is 0. The zero-order chi connectivity index (χ0) is 16.6. The second-order valence-corrected chi connectivity index (χ2v) is 6.82. The number of hydrogen-bond acceptors (Lipinski definition) is 6. The van der Waals surface area contributed by atoms with E-state index in [9.17, 15) is 18.5 Å². The van der Waals surface area contributed by atoms with E-state index in [2.05, 4.69) is 0 Å². The first-order valence-corrected chi connectivity index (χ1v) is 8.54. The molecule has 1 saturated heterocycles. The fraction of sp³-hybridized carbons (Fsp3) is 0.286. The molecular formula is C14H15N3O5S. The van der Waals surface area contributed by atoms with Crippen molar-refractivity contribution in [3.63, 3.8) is 0 Å². The van der Waals surface area contributed by atoms with Crippen LogP contribution in [0.15, 0.2) is 45.9 Å². The predicted molar refractivity (Wildman–Crippen MR) is 82.5 cm³/mol. The highest BCUT2D eigenvalue weighted by atomic mass is 32.2. The van der Waals surface area contributed by atoms with Crippen LogP contribution >= 0.6 is 0 Å². The number of primary sulfonamides is 1. The number of benzene rings is 1. The van der Waals surface area contributed by atoms with Gasteiger partial charge in [0.2, 0.25) is 10.0 Å². The van der Waals surface area contributed by atoms with Crippen molar-refractivity contribution in [2.24, 2.45) is 5.14 Å². The average Bonchev–Trinajstić information content (AvgIpc) is 3.16. The number of anilines is 1. The van der Waals surface area contributed by atoms with Crippen molar-refractivity contribution in [2.45, 2.75) is 23.8 Å². The molecule has 0 aliphatic carbocycles. The summed E-state index contributed by atoms with van der Waals surface area (Å²) in [6.07, 6.45) is 3.13. The molecule has 9 heteroatoms. The molecule has 2 aromatic rings. The van der Waals surface area contributed by atoms with E-state index in [4.69, 9.17) is 9.56 Å². The van der Waals surface area contributed by atoms with Crippen LogP contribution in [-0.2, 0) is 10.0 Å². The van der Waals surface area contributed by atoms with E-state index >= 15 is 0 Å². The van der Waals surface area contributed by atoms with Gasteiger partial charge < -0.3 is 9.32 Å². The number of hydrogen-bond donors (Lipinski definition) is 1. The molecule has 8 nitrogen and oxygen atoms in total. The highest BCUT2D eigenvalue weighted by Crippen LogP contribution is 2.42. The molecule has 1 aliphatic heterocycles. The van der Waals surface area contributed by atoms with Crippen molar-refractivity contribution in [1.29, 1.82) is 0 Å². The third-order valence-electron chi connectivity index (χ3n) is 3.90. The molecule has 122 valence electrons. The molecule has 0 unspecified atom stereocenters. The van der Waals surface area contributed by atoms with Crippen molar-refractivity contribution in [2.75, 3.05) is 11.4 Å². The largest absolute Gasteiger partial charge is 0.467 e. The van der Waals surface area contributed by atoms with Crippen molar-refractivity contribution in [3.05, 3.63) is 52.5 Å². The van der Waals surface area contributed by atoms with Crippen LogP contribution in [0.5, 0.6) is 0 Å². The first-order valence-electron chi connectivity index (χ1n) is 7.00. The Hall–Kier alpha value is -2.39. The van der Waals surface area contributed by atoms with Crippen molar-refractivity contribution < 1.29 is 17.8 Å². The number of sulfonamides is 1. The average molecular weight is 337 g/mol. The fourth-order valence-corrected chi connectivity index (χ4v) is 3.70. The Morgan fingerprint density at radius 2 is 2.09 bits per heavy atom. The zero-order valence-electron chi connectivity index (χ0n) is 12.1. The molecule has 23 heavy (non-hydrogen) atoms. The Morgan fingerprint density at radius 1 is 1.30 bits per heavy atom. The summed E-state index contributed by atoms with van der Waals surface area (Å²) in [5, 5.41) is 16.6. The van der Waals surface area contributed by atoms with Gasteiger partial charge in [0.1, 0.15) is 11.4 Å². The Labute approximate surface area is 132 Å². The molecule has 1 fully saturated rings. The highest BCUT2D eigenvalue weighted by Gasteiger charge is 2.35. The molecule has 2 N–H and O–H groups in total. The summed E-state index contributed by atoms with van der Waals surface area (Å²) in [5.74, 6) is 0.692. The zero-order valence-corrected chi connectivity index (χ0v) is 12.9. The molecule has 1 atom stereocenters. The minimum atomic E-state index is -4.19. The van der Waals surface area contributed by atoms with Gasteiger partial charge in [0.15, 0.2) is 4.90 Å². The monoisotopic (exact) mass is 337 g/mol. The van der Waals surface area contributed by atoms with E-state index in [0.29, 0.717) is 12.3 Å². The Bertz CT molecular complexity index is 832. The second-order valence-electron chi connectivity index (χ2n) is 5.29. The SMILES string of the molecule is NS(=O)(=O)c1cccc(N2CCC[C@@H]2c2ccco2)c1[N+](=O)[O-]. The van der Waals surface area contributed by atoms with Gasteiger partial charge in [-0.05, 0) is 37.1 Å². The van der Waals surface area contributed by atoms with Gasteiger partial charge in [0.25, 0.3) is 0 Å². The number of para-hydroxylation sites is 1. The van der Waals surface area contributed by atoms with Crippen LogP contribution < -0.4 is 10.0 Å². The Morgan fingerprint density at radius 3 is 2.70 bits per heavy atom. The van der Waals surface area contributed by atoms with Gasteiger partial charge in [-0.3, -0.25) is 10.1 Å². The third kappa shape index (κ3) is 2.80. The number of nitro groups is 1. The number of rotatable bonds is 4. The van der Waals surface area contributed by atoms with Gasteiger partial charge in [-0.15, -0.1) is 0 Å². The summed E-state index contributed by atoms with van der Waals surface area (Å²) in [7, 11) is -4.19. The molecular weight excluding hydrogens is 322 g/mol. The standard InChI is InChI=1S/C14H15N3O5S/c15-23(20,21)13-7-1-4-11(14(13)17(18)19)16-8-2-5-10(16)12-6-3-9-22-12/h1,3-4,6-7,9-10H,2,5,8H2,(H2,15,20,21)/t10-/m1/s1. The fourth-order valence-electron chi connectivity index (χ4n) is 2.99. The van der Waals surface area contributed by atoms with Crippen LogP contribution in [0.25, 0.3) is 0 Å². The molecule has 0 radical (unpaired) electrons. The van der Waals surface area contributed by atoms with E-state index in [-0.39, 0.29) is 11.7 Å². The minimum Gasteiger partial charge on any atom is -0.467 e. The quantitative estimate of drug-likeness (QED) is 0.674. The van der Waals surface area contributed by atoms with Crippen LogP contribution in [0.4, 0.5) is 11.4 Å². The molecule has 0 amide bonds. The van der Waals surface area contributed by atoms with Crippen LogP contribution in [0, 0.1) is 10.1 Å². The first-order chi connectivity index (χ1) is 10.9. The number of furan rings is 1. The minimum absolute atomic E-state index is 0.167. The summed E-state index contributed by atoms with van der Waals surface area (Å²) < 4.78 is 28.8. The number of nitro benzene ring substituents is 1. The lowest BCUT2D eigenvalue weighted by atomic mass is 10.1. The van der Waals surface area contributed by atoms with Crippen molar-refractivity contribution >= 4 is 21.4 Å². The third-order valence-corrected chi connectivity index (χ3v) is 4.84. The first kappa shape index (κ1) is 15.5. The molecule has 1 aliphatic rings. The molecule has 3 rings (SSSR count). The van der Waals surface area contributed by atoms with Gasteiger partial charge in [0, 0.05) is 6.54 Å². The molecule has 1 aromatic carbocycles. The van der Waals surface area contributed by atoms with E-state index in [1.54, 1.807) is 23.3 Å². The maximum Gasteiger partial charge on any atom is 0.312 e. The van der Waals surface area contributed by atoms with Gasteiger partial charge in [-0.2, -0.15) is 0 Å². The normalized spacial score (nSPS) is 18.3. The lowest BCUT2D eigenvalue weighted by molar-refractivity contribution is -0.387. The number of nitrogens with zero attached hydrogens (tertiary/aromatic N) is 2. The summed E-state index contributed by atoms with van der Waals surface area (Å²) in [4.78, 5) is 12.1. The van der Waals surface area contributed by atoms with Crippen molar-refractivity contribution in [1.82, 2.24) is 0 Å². The van der Waals surface area contributed by atoms with Gasteiger partial charge in [0.05, 0.1) is 17.2 Å². The van der Waals surface area contributed by atoms with Gasteiger partial charge in [-0.25, -0.2) is 13.6 Å². The van der Waals surface area contributed by atoms with Gasteiger partial charge in [-0.1, -0.05) is 6.07 Å². The van der Waals surface area contributed by atoms with E-state index in [1.165, 1.54) is 12.1 Å². The Balaban J connectivity index is 2.14. The molecule has 0 bridgehead atoms. The van der Waals surface area contributed by atoms with E-state index in [1.807, 2.05) is 0 Å². The van der Waals surface area contributed by atoms with Crippen LogP contribution in [-0.4, -0.2) is 19.9 Å². The van der Waals surface area contributed by atoms with Crippen LogP contribution in [0.1, 0.15) is 24.6 Å². The maximum atomic E-state index is 11.7. The van der Waals surface area contributed by atoms with Crippen molar-refractivity contribution in [3.8, 4) is 0 Å². The molecule has 1 aromatic heterocycles. The van der Waals surface area contributed by atoms with Crippen LogP contribution in [0.2, 0.25) is 0 Å². The molecule has 0 spiro atoms. The van der Waals surface area contributed by atoms with E-state index in [0.717, 1.165) is 18.9 Å². The summed E-state index contributed by atoms with van der Waals surface area (Å²) in [6.45, 7) is 0.570. The predicted octanol–water partition coefficient (Wildman–Crippen LogP) is 2.18. The second kappa shape index (κ2) is 5.67. The summed E-state index contributed by atoms with van der Waals surface area (Å²) in [6, 6.07) is 7.53. The maximum absolute atomic E-state index is 11.7. The Kier molecular flexibility index (Phi) is 3.82. The van der Waals surface area contributed by atoms with Crippen LogP contribution in [0.3, 0.4) is 0 Å². The smallest absolute Gasteiger partial charge is 0.312 e. The topological polar surface area (TPSA) is 120 Å². The molecule has 2 heterocycles. The number of nitrogens with two attached hydrogens (primary N) is 1. The van der Waals surface area contributed by atoms with Gasteiger partial charge >= 0.3 is 5.69 Å². The lowest BCUT2D eigenvalue weighted by Crippen LogP contribution is -2.24. The lowest BCUT2D eigenvalue weighted by Gasteiger charge is -2.25.